The fourth-order valence-corrected chi connectivity index (χ4v) is 3.16. The molecule has 0 aliphatic heterocycles. The highest BCUT2D eigenvalue weighted by atomic mass is 16.5. The average Bonchev–Trinajstić information content (AvgIpc) is 2.77. The summed E-state index contributed by atoms with van der Waals surface area (Å²) in [6, 6.07) is 25.8. The summed E-state index contributed by atoms with van der Waals surface area (Å²) in [5.74, 6) is 1.93. The molecule has 0 atom stereocenters. The first-order valence-corrected chi connectivity index (χ1v) is 9.54. The molecule has 0 radical (unpaired) electrons. The lowest BCUT2D eigenvalue weighted by Crippen LogP contribution is -2.18. The average molecular weight is 387 g/mol. The minimum atomic E-state index is -0.0744. The third-order valence-electron chi connectivity index (χ3n) is 4.97. The lowest BCUT2D eigenvalue weighted by molar-refractivity contribution is 0.211. The standard InChI is InChI=1S/C25H25NO3/c1-25(2,20-7-5-4-6-8-20)21-10-12-22(13-11-21)28-15-16-29-23-14-9-19(18-26)17-24(23)27-3/h4-14,17H,15-16H2,1-3H3. The zero-order chi connectivity index (χ0) is 20.7. The molecule has 4 nitrogen and oxygen atoms in total. The second-order valence-corrected chi connectivity index (χ2v) is 7.19. The first-order chi connectivity index (χ1) is 14.0. The van der Waals surface area contributed by atoms with E-state index in [0.29, 0.717) is 30.3 Å². The smallest absolute Gasteiger partial charge is 0.162 e. The Morgan fingerprint density at radius 3 is 2.10 bits per heavy atom. The van der Waals surface area contributed by atoms with Crippen molar-refractivity contribution in [2.75, 3.05) is 20.3 Å². The summed E-state index contributed by atoms with van der Waals surface area (Å²) in [7, 11) is 1.55. The van der Waals surface area contributed by atoms with Gasteiger partial charge >= 0.3 is 0 Å². The summed E-state index contributed by atoms with van der Waals surface area (Å²) in [5.41, 5.74) is 2.96. The summed E-state index contributed by atoms with van der Waals surface area (Å²) in [4.78, 5) is 0. The van der Waals surface area contributed by atoms with Crippen molar-refractivity contribution < 1.29 is 14.2 Å². The number of ether oxygens (including phenoxy) is 3. The number of nitriles is 1. The summed E-state index contributed by atoms with van der Waals surface area (Å²) in [6.45, 7) is 5.22. The first-order valence-electron chi connectivity index (χ1n) is 9.54. The third-order valence-corrected chi connectivity index (χ3v) is 4.97. The summed E-state index contributed by atoms with van der Waals surface area (Å²) in [6.07, 6.45) is 0. The molecule has 3 rings (SSSR count). The van der Waals surface area contributed by atoms with Crippen molar-refractivity contribution in [3.8, 4) is 23.3 Å². The molecule has 148 valence electrons. The van der Waals surface area contributed by atoms with Crippen LogP contribution < -0.4 is 14.2 Å². The zero-order valence-corrected chi connectivity index (χ0v) is 17.0. The Balaban J connectivity index is 1.56. The number of nitrogens with zero attached hydrogens (tertiary/aromatic N) is 1. The Labute approximate surface area is 172 Å². The summed E-state index contributed by atoms with van der Waals surface area (Å²) < 4.78 is 16.8. The second kappa shape index (κ2) is 9.16. The highest BCUT2D eigenvalue weighted by molar-refractivity contribution is 5.46. The van der Waals surface area contributed by atoms with E-state index in [1.54, 1.807) is 25.3 Å². The highest BCUT2D eigenvalue weighted by Gasteiger charge is 2.22. The van der Waals surface area contributed by atoms with Gasteiger partial charge in [-0.1, -0.05) is 56.3 Å². The molecule has 0 N–H and O–H groups in total. The predicted octanol–water partition coefficient (Wildman–Crippen LogP) is 5.35. The van der Waals surface area contributed by atoms with Gasteiger partial charge in [0.25, 0.3) is 0 Å². The molecular weight excluding hydrogens is 362 g/mol. The minimum absolute atomic E-state index is 0.0744. The molecule has 3 aromatic carbocycles. The van der Waals surface area contributed by atoms with E-state index in [-0.39, 0.29) is 5.41 Å². The molecular formula is C25H25NO3. The Bertz CT molecular complexity index is 973. The SMILES string of the molecule is COc1cc(C#N)ccc1OCCOc1ccc(C(C)(C)c2ccccc2)cc1. The van der Waals surface area contributed by atoms with Gasteiger partial charge < -0.3 is 14.2 Å². The third kappa shape index (κ3) is 4.89. The predicted molar refractivity (Wildman–Crippen MR) is 114 cm³/mol. The molecule has 0 saturated heterocycles. The Morgan fingerprint density at radius 1 is 0.793 bits per heavy atom. The van der Waals surface area contributed by atoms with Crippen molar-refractivity contribution >= 4 is 0 Å². The van der Waals surface area contributed by atoms with Gasteiger partial charge in [0.2, 0.25) is 0 Å². The van der Waals surface area contributed by atoms with Gasteiger partial charge in [-0.15, -0.1) is 0 Å². The van der Waals surface area contributed by atoms with E-state index >= 15 is 0 Å². The molecule has 3 aromatic rings. The van der Waals surface area contributed by atoms with E-state index in [1.807, 2.05) is 18.2 Å². The molecule has 0 bridgehead atoms. The molecule has 0 amide bonds. The number of benzene rings is 3. The second-order valence-electron chi connectivity index (χ2n) is 7.19. The lowest BCUT2D eigenvalue weighted by atomic mass is 9.78. The van der Waals surface area contributed by atoms with Gasteiger partial charge in [-0.3, -0.25) is 0 Å². The Kier molecular flexibility index (Phi) is 6.41. The molecule has 0 aliphatic rings. The highest BCUT2D eigenvalue weighted by Crippen LogP contribution is 2.32. The van der Waals surface area contributed by atoms with Crippen molar-refractivity contribution in [2.24, 2.45) is 0 Å². The molecule has 4 heteroatoms. The maximum Gasteiger partial charge on any atom is 0.162 e. The van der Waals surface area contributed by atoms with Crippen LogP contribution in [0.4, 0.5) is 0 Å². The van der Waals surface area contributed by atoms with E-state index in [2.05, 4.69) is 56.3 Å². The van der Waals surface area contributed by atoms with Crippen LogP contribution in [0, 0.1) is 11.3 Å². The van der Waals surface area contributed by atoms with Crippen molar-refractivity contribution in [3.63, 3.8) is 0 Å². The van der Waals surface area contributed by atoms with Crippen LogP contribution in [0.15, 0.2) is 72.8 Å². The summed E-state index contributed by atoms with van der Waals surface area (Å²) >= 11 is 0. The first kappa shape index (κ1) is 20.3. The molecule has 0 saturated carbocycles. The maximum absolute atomic E-state index is 8.96. The van der Waals surface area contributed by atoms with Crippen LogP contribution in [0.2, 0.25) is 0 Å². The molecule has 0 unspecified atom stereocenters. The summed E-state index contributed by atoms with van der Waals surface area (Å²) in [5, 5.41) is 8.96. The molecule has 0 fully saturated rings. The van der Waals surface area contributed by atoms with Gasteiger partial charge in [0.1, 0.15) is 19.0 Å². The zero-order valence-electron chi connectivity index (χ0n) is 17.0. The van der Waals surface area contributed by atoms with Gasteiger partial charge in [0.05, 0.1) is 18.7 Å². The Hall–Kier alpha value is -3.45. The van der Waals surface area contributed by atoms with Crippen LogP contribution in [0.3, 0.4) is 0 Å². The van der Waals surface area contributed by atoms with Crippen LogP contribution in [0.25, 0.3) is 0 Å². The molecule has 0 heterocycles. The van der Waals surface area contributed by atoms with Crippen molar-refractivity contribution in [3.05, 3.63) is 89.5 Å². The van der Waals surface area contributed by atoms with E-state index in [9.17, 15) is 0 Å². The quantitative estimate of drug-likeness (QED) is 0.489. The van der Waals surface area contributed by atoms with Gasteiger partial charge in [-0.2, -0.15) is 5.26 Å². The van der Waals surface area contributed by atoms with Crippen LogP contribution in [0.1, 0.15) is 30.5 Å². The van der Waals surface area contributed by atoms with E-state index in [4.69, 9.17) is 19.5 Å². The van der Waals surface area contributed by atoms with Crippen LogP contribution in [-0.4, -0.2) is 20.3 Å². The molecule has 0 aliphatic carbocycles. The van der Waals surface area contributed by atoms with Gasteiger partial charge in [-0.25, -0.2) is 0 Å². The van der Waals surface area contributed by atoms with Crippen molar-refractivity contribution in [1.29, 1.82) is 5.26 Å². The largest absolute Gasteiger partial charge is 0.493 e. The van der Waals surface area contributed by atoms with E-state index in [0.717, 1.165) is 5.75 Å². The normalized spacial score (nSPS) is 10.8. The Morgan fingerprint density at radius 2 is 1.45 bits per heavy atom. The number of rotatable bonds is 8. The lowest BCUT2D eigenvalue weighted by Gasteiger charge is -2.26. The van der Waals surface area contributed by atoms with Crippen molar-refractivity contribution in [2.45, 2.75) is 19.3 Å². The van der Waals surface area contributed by atoms with Gasteiger partial charge in [0, 0.05) is 11.5 Å². The maximum atomic E-state index is 8.96. The fourth-order valence-electron chi connectivity index (χ4n) is 3.16. The van der Waals surface area contributed by atoms with Crippen LogP contribution in [-0.2, 0) is 5.41 Å². The van der Waals surface area contributed by atoms with Crippen molar-refractivity contribution in [1.82, 2.24) is 0 Å². The van der Waals surface area contributed by atoms with Gasteiger partial charge in [0.15, 0.2) is 11.5 Å². The monoisotopic (exact) mass is 387 g/mol. The van der Waals surface area contributed by atoms with E-state index in [1.165, 1.54) is 11.1 Å². The van der Waals surface area contributed by atoms with Crippen LogP contribution >= 0.6 is 0 Å². The number of hydrogen-bond acceptors (Lipinski definition) is 4. The number of methoxy groups -OCH3 is 1. The molecule has 29 heavy (non-hydrogen) atoms. The molecule has 0 spiro atoms. The van der Waals surface area contributed by atoms with Gasteiger partial charge in [-0.05, 0) is 35.4 Å². The topological polar surface area (TPSA) is 51.5 Å². The molecule has 0 aromatic heterocycles. The van der Waals surface area contributed by atoms with E-state index < -0.39 is 0 Å². The van der Waals surface area contributed by atoms with Crippen LogP contribution in [0.5, 0.6) is 17.2 Å². The number of hydrogen-bond donors (Lipinski definition) is 0. The minimum Gasteiger partial charge on any atom is -0.493 e. The fraction of sp³-hybridized carbons (Fsp3) is 0.240.